The van der Waals surface area contributed by atoms with Crippen molar-refractivity contribution >= 4 is 17.7 Å². The summed E-state index contributed by atoms with van der Waals surface area (Å²) in [6.45, 7) is 0. The molecule has 0 N–H and O–H groups in total. The average Bonchev–Trinajstić information content (AvgIpc) is 2.62. The molecule has 1 heterocycles. The number of benzene rings is 2. The Labute approximate surface area is 139 Å². The molecule has 0 saturated carbocycles. The molecule has 1 aromatic heterocycles. The molecule has 0 spiro atoms. The van der Waals surface area contributed by atoms with Gasteiger partial charge in [-0.3, -0.25) is 0 Å². The van der Waals surface area contributed by atoms with Gasteiger partial charge in [-0.25, -0.2) is 9.78 Å². The van der Waals surface area contributed by atoms with E-state index in [1.807, 2.05) is 66.7 Å². The van der Waals surface area contributed by atoms with Crippen LogP contribution in [-0.2, 0) is 4.74 Å². The van der Waals surface area contributed by atoms with E-state index >= 15 is 0 Å². The maximum atomic E-state index is 12.0. The van der Waals surface area contributed by atoms with Crippen molar-refractivity contribution in [3.05, 3.63) is 78.4 Å². The molecule has 3 aromatic rings. The third-order valence-electron chi connectivity index (χ3n) is 3.29. The summed E-state index contributed by atoms with van der Waals surface area (Å²) in [6, 6.07) is 23.4. The highest BCUT2D eigenvalue weighted by Crippen LogP contribution is 2.31. The number of pyridine rings is 1. The molecule has 0 aliphatic carbocycles. The number of hydrogen-bond acceptors (Lipinski definition) is 4. The van der Waals surface area contributed by atoms with Gasteiger partial charge in [0.2, 0.25) is 0 Å². The molecule has 0 fully saturated rings. The van der Waals surface area contributed by atoms with Crippen LogP contribution in [0.5, 0.6) is 0 Å². The first-order chi connectivity index (χ1) is 11.3. The van der Waals surface area contributed by atoms with E-state index in [4.69, 9.17) is 4.74 Å². The highest BCUT2D eigenvalue weighted by molar-refractivity contribution is 7.99. The van der Waals surface area contributed by atoms with Crippen molar-refractivity contribution in [2.75, 3.05) is 7.11 Å². The van der Waals surface area contributed by atoms with E-state index in [1.165, 1.54) is 18.9 Å². The fraction of sp³-hybridized carbons (Fsp3) is 0.0526. The molecule has 2 aromatic carbocycles. The van der Waals surface area contributed by atoms with E-state index in [-0.39, 0.29) is 5.97 Å². The fourth-order valence-corrected chi connectivity index (χ4v) is 3.08. The highest BCUT2D eigenvalue weighted by Gasteiger charge is 2.15. The molecule has 0 aliphatic heterocycles. The Morgan fingerprint density at radius 2 is 1.57 bits per heavy atom. The van der Waals surface area contributed by atoms with Crippen LogP contribution < -0.4 is 0 Å². The number of methoxy groups -OCH3 is 1. The van der Waals surface area contributed by atoms with Crippen LogP contribution in [-0.4, -0.2) is 18.1 Å². The molecule has 0 saturated heterocycles. The standard InChI is InChI=1S/C19H15NO2S/c1-22-19(21)16-12-13-17(14-8-4-2-5-9-14)20-18(16)23-15-10-6-3-7-11-15/h2-13H,1H3. The molecule has 0 radical (unpaired) electrons. The maximum Gasteiger partial charge on any atom is 0.340 e. The number of carbonyl (C=O) groups excluding carboxylic acids is 1. The summed E-state index contributed by atoms with van der Waals surface area (Å²) < 4.78 is 4.87. The van der Waals surface area contributed by atoms with Gasteiger partial charge in [-0.05, 0) is 24.3 Å². The summed E-state index contributed by atoms with van der Waals surface area (Å²) in [4.78, 5) is 17.7. The molecule has 0 aliphatic rings. The van der Waals surface area contributed by atoms with Crippen molar-refractivity contribution < 1.29 is 9.53 Å². The van der Waals surface area contributed by atoms with Gasteiger partial charge in [0, 0.05) is 10.5 Å². The molecule has 23 heavy (non-hydrogen) atoms. The second-order valence-corrected chi connectivity index (χ2v) is 5.88. The molecule has 3 rings (SSSR count). The minimum absolute atomic E-state index is 0.379. The second kappa shape index (κ2) is 7.11. The molecular weight excluding hydrogens is 306 g/mol. The fourth-order valence-electron chi connectivity index (χ4n) is 2.15. The van der Waals surface area contributed by atoms with Crippen LogP contribution in [0.25, 0.3) is 11.3 Å². The summed E-state index contributed by atoms with van der Waals surface area (Å²) in [6.07, 6.45) is 0. The van der Waals surface area contributed by atoms with E-state index in [9.17, 15) is 4.79 Å². The van der Waals surface area contributed by atoms with E-state index < -0.39 is 0 Å². The Kier molecular flexibility index (Phi) is 4.74. The summed E-state index contributed by atoms with van der Waals surface area (Å²) in [5.74, 6) is -0.379. The number of hydrogen-bond donors (Lipinski definition) is 0. The van der Waals surface area contributed by atoms with Crippen molar-refractivity contribution in [1.82, 2.24) is 4.98 Å². The minimum Gasteiger partial charge on any atom is -0.465 e. The SMILES string of the molecule is COC(=O)c1ccc(-c2ccccc2)nc1Sc1ccccc1. The van der Waals surface area contributed by atoms with E-state index in [2.05, 4.69) is 4.98 Å². The van der Waals surface area contributed by atoms with Gasteiger partial charge in [0.25, 0.3) is 0 Å². The van der Waals surface area contributed by atoms with E-state index in [0.717, 1.165) is 16.2 Å². The normalized spacial score (nSPS) is 10.3. The van der Waals surface area contributed by atoms with Crippen molar-refractivity contribution in [3.8, 4) is 11.3 Å². The summed E-state index contributed by atoms with van der Waals surface area (Å²) in [7, 11) is 1.38. The minimum atomic E-state index is -0.379. The van der Waals surface area contributed by atoms with Crippen molar-refractivity contribution in [1.29, 1.82) is 0 Å². The number of aromatic nitrogens is 1. The Morgan fingerprint density at radius 3 is 2.22 bits per heavy atom. The third kappa shape index (κ3) is 3.60. The van der Waals surface area contributed by atoms with Crippen LogP contribution in [0.15, 0.2) is 82.7 Å². The second-order valence-electron chi connectivity index (χ2n) is 4.82. The topological polar surface area (TPSA) is 39.2 Å². The predicted molar refractivity (Wildman–Crippen MR) is 91.6 cm³/mol. The van der Waals surface area contributed by atoms with Crippen LogP contribution in [0.4, 0.5) is 0 Å². The zero-order valence-corrected chi connectivity index (χ0v) is 13.4. The quantitative estimate of drug-likeness (QED) is 0.654. The highest BCUT2D eigenvalue weighted by atomic mass is 32.2. The Hall–Kier alpha value is -2.59. The first-order valence-electron chi connectivity index (χ1n) is 7.15. The molecule has 0 unspecified atom stereocenters. The Bertz CT molecular complexity index is 804. The Morgan fingerprint density at radius 1 is 0.913 bits per heavy atom. The maximum absolute atomic E-state index is 12.0. The van der Waals surface area contributed by atoms with Crippen LogP contribution in [0.1, 0.15) is 10.4 Å². The average molecular weight is 321 g/mol. The zero-order valence-electron chi connectivity index (χ0n) is 12.6. The molecule has 3 nitrogen and oxygen atoms in total. The number of rotatable bonds is 4. The van der Waals surface area contributed by atoms with Crippen LogP contribution in [0.3, 0.4) is 0 Å². The smallest absolute Gasteiger partial charge is 0.340 e. The van der Waals surface area contributed by atoms with Gasteiger partial charge in [-0.1, -0.05) is 60.3 Å². The number of esters is 1. The molecule has 0 amide bonds. The first kappa shape index (κ1) is 15.3. The van der Waals surface area contributed by atoms with Crippen molar-refractivity contribution in [3.63, 3.8) is 0 Å². The van der Waals surface area contributed by atoms with Crippen LogP contribution >= 0.6 is 11.8 Å². The lowest BCUT2D eigenvalue weighted by molar-refractivity contribution is 0.0596. The lowest BCUT2D eigenvalue weighted by atomic mass is 10.1. The summed E-state index contributed by atoms with van der Waals surface area (Å²) in [5.41, 5.74) is 2.32. The third-order valence-corrected chi connectivity index (χ3v) is 4.31. The number of carbonyl (C=O) groups is 1. The van der Waals surface area contributed by atoms with E-state index in [1.54, 1.807) is 6.07 Å². The largest absolute Gasteiger partial charge is 0.465 e. The van der Waals surface area contributed by atoms with Gasteiger partial charge in [-0.15, -0.1) is 0 Å². The molecule has 0 atom stereocenters. The van der Waals surface area contributed by atoms with Gasteiger partial charge in [0.1, 0.15) is 5.03 Å². The van der Waals surface area contributed by atoms with Crippen LogP contribution in [0, 0.1) is 0 Å². The van der Waals surface area contributed by atoms with Gasteiger partial charge in [0.05, 0.1) is 18.4 Å². The predicted octanol–water partition coefficient (Wildman–Crippen LogP) is 4.69. The summed E-state index contributed by atoms with van der Waals surface area (Å²) in [5, 5.41) is 0.643. The lowest BCUT2D eigenvalue weighted by Gasteiger charge is -2.09. The summed E-state index contributed by atoms with van der Waals surface area (Å²) >= 11 is 1.45. The van der Waals surface area contributed by atoms with Gasteiger partial charge >= 0.3 is 5.97 Å². The van der Waals surface area contributed by atoms with Gasteiger partial charge in [0.15, 0.2) is 0 Å². The molecule has 0 bridgehead atoms. The Balaban J connectivity index is 2.04. The molecular formula is C19H15NO2S. The van der Waals surface area contributed by atoms with Gasteiger partial charge in [-0.2, -0.15) is 0 Å². The monoisotopic (exact) mass is 321 g/mol. The van der Waals surface area contributed by atoms with Crippen molar-refractivity contribution in [2.24, 2.45) is 0 Å². The van der Waals surface area contributed by atoms with Crippen LogP contribution in [0.2, 0.25) is 0 Å². The van der Waals surface area contributed by atoms with Crippen molar-refractivity contribution in [2.45, 2.75) is 9.92 Å². The zero-order chi connectivity index (χ0) is 16.1. The molecule has 4 heteroatoms. The lowest BCUT2D eigenvalue weighted by Crippen LogP contribution is -2.05. The number of ether oxygens (including phenoxy) is 1. The first-order valence-corrected chi connectivity index (χ1v) is 7.97. The number of nitrogens with zero attached hydrogens (tertiary/aromatic N) is 1. The van der Waals surface area contributed by atoms with Gasteiger partial charge < -0.3 is 4.74 Å². The molecule has 114 valence electrons. The van der Waals surface area contributed by atoms with E-state index in [0.29, 0.717) is 10.6 Å².